The minimum Gasteiger partial charge on any atom is -0.354 e. The second-order valence-corrected chi connectivity index (χ2v) is 12.6. The highest BCUT2D eigenvalue weighted by molar-refractivity contribution is 6.00. The molecule has 0 aliphatic carbocycles. The third-order valence-corrected chi connectivity index (χ3v) is 8.59. The smallest absolute Gasteiger partial charge is 0.243 e. The highest BCUT2D eigenvalue weighted by Crippen LogP contribution is 2.28. The standard InChI is InChI=1S/C41H51N5O3/c1-45(2)29-15-26-44-39(47)32-46(40(48)30-42-27-24-37(33-16-7-3-8-17-33)34-18-9-4-10-19-34)41(49)31-43-28-25-38(35-20-11-5-12-21-35)36-22-13-6-14-23-36/h3-14,16-23,37-38,42-43H,15,24-32H2,1-2H3,(H,44,47). The second kappa shape index (κ2) is 20.7. The van der Waals surface area contributed by atoms with Gasteiger partial charge in [0.25, 0.3) is 0 Å². The van der Waals surface area contributed by atoms with Crippen LogP contribution in [0.3, 0.4) is 0 Å². The van der Waals surface area contributed by atoms with Crippen LogP contribution < -0.4 is 16.0 Å². The van der Waals surface area contributed by atoms with Crippen LogP contribution in [0.15, 0.2) is 121 Å². The first-order chi connectivity index (χ1) is 23.9. The van der Waals surface area contributed by atoms with Crippen molar-refractivity contribution in [1.82, 2.24) is 25.8 Å². The molecule has 0 saturated heterocycles. The molecule has 0 unspecified atom stereocenters. The van der Waals surface area contributed by atoms with Crippen molar-refractivity contribution >= 4 is 17.7 Å². The van der Waals surface area contributed by atoms with Gasteiger partial charge < -0.3 is 20.9 Å². The summed E-state index contributed by atoms with van der Waals surface area (Å²) in [6.45, 7) is 2.05. The van der Waals surface area contributed by atoms with E-state index in [0.717, 1.165) is 30.7 Å². The molecule has 0 radical (unpaired) electrons. The van der Waals surface area contributed by atoms with E-state index in [-0.39, 0.29) is 37.4 Å². The SMILES string of the molecule is CN(C)CCCNC(=O)CN(C(=O)CNCCC(c1ccccc1)c1ccccc1)C(=O)CNCCC(c1ccccc1)c1ccccc1. The Labute approximate surface area is 291 Å². The lowest BCUT2D eigenvalue weighted by molar-refractivity contribution is -0.147. The Hall–Kier alpha value is -4.63. The molecule has 0 aliphatic heterocycles. The lowest BCUT2D eigenvalue weighted by Crippen LogP contribution is -2.50. The van der Waals surface area contributed by atoms with Crippen LogP contribution in [0.1, 0.15) is 53.4 Å². The lowest BCUT2D eigenvalue weighted by Gasteiger charge is -2.23. The Morgan fingerprint density at radius 3 is 1.27 bits per heavy atom. The van der Waals surface area contributed by atoms with Crippen LogP contribution in [-0.4, -0.2) is 87.4 Å². The number of nitrogens with one attached hydrogen (secondary N) is 3. The number of carbonyl (C=O) groups excluding carboxylic acids is 3. The first-order valence-corrected chi connectivity index (χ1v) is 17.3. The fourth-order valence-corrected chi connectivity index (χ4v) is 6.01. The maximum absolute atomic E-state index is 13.5. The minimum atomic E-state index is -0.419. The summed E-state index contributed by atoms with van der Waals surface area (Å²) in [5.41, 5.74) is 4.82. The van der Waals surface area contributed by atoms with Crippen LogP contribution in [0.2, 0.25) is 0 Å². The van der Waals surface area contributed by atoms with E-state index in [9.17, 15) is 14.4 Å². The highest BCUT2D eigenvalue weighted by atomic mass is 16.2. The van der Waals surface area contributed by atoms with E-state index >= 15 is 0 Å². The van der Waals surface area contributed by atoms with Gasteiger partial charge in [-0.15, -0.1) is 0 Å². The van der Waals surface area contributed by atoms with Crippen molar-refractivity contribution in [2.24, 2.45) is 0 Å². The molecular formula is C41H51N5O3. The van der Waals surface area contributed by atoms with E-state index in [1.807, 2.05) is 91.8 Å². The third-order valence-electron chi connectivity index (χ3n) is 8.59. The van der Waals surface area contributed by atoms with Crippen LogP contribution in [-0.2, 0) is 14.4 Å². The van der Waals surface area contributed by atoms with E-state index < -0.39 is 11.8 Å². The summed E-state index contributed by atoms with van der Waals surface area (Å²) >= 11 is 0. The normalized spacial score (nSPS) is 11.2. The molecule has 4 aromatic rings. The van der Waals surface area contributed by atoms with Gasteiger partial charge in [0.1, 0.15) is 6.54 Å². The van der Waals surface area contributed by atoms with Crippen molar-refractivity contribution in [3.8, 4) is 0 Å². The van der Waals surface area contributed by atoms with Crippen molar-refractivity contribution < 1.29 is 14.4 Å². The zero-order chi connectivity index (χ0) is 34.7. The summed E-state index contributed by atoms with van der Waals surface area (Å²) in [7, 11) is 3.95. The average molecular weight is 662 g/mol. The van der Waals surface area contributed by atoms with Crippen molar-refractivity contribution in [2.45, 2.75) is 31.1 Å². The average Bonchev–Trinajstić information content (AvgIpc) is 3.13. The van der Waals surface area contributed by atoms with Gasteiger partial charge in [0.05, 0.1) is 13.1 Å². The van der Waals surface area contributed by atoms with Gasteiger partial charge in [-0.05, 0) is 75.2 Å². The van der Waals surface area contributed by atoms with Crippen molar-refractivity contribution in [1.29, 1.82) is 0 Å². The number of nitrogens with zero attached hydrogens (tertiary/aromatic N) is 2. The minimum absolute atomic E-state index is 0.0416. The zero-order valence-electron chi connectivity index (χ0n) is 28.9. The zero-order valence-corrected chi connectivity index (χ0v) is 28.9. The third kappa shape index (κ3) is 12.7. The number of rotatable bonds is 20. The van der Waals surface area contributed by atoms with E-state index in [0.29, 0.717) is 19.6 Å². The van der Waals surface area contributed by atoms with Gasteiger partial charge in [-0.2, -0.15) is 0 Å². The largest absolute Gasteiger partial charge is 0.354 e. The molecular weight excluding hydrogens is 610 g/mol. The number of benzene rings is 4. The Morgan fingerprint density at radius 2 is 0.918 bits per heavy atom. The van der Waals surface area contributed by atoms with Crippen molar-refractivity contribution in [3.05, 3.63) is 144 Å². The molecule has 3 N–H and O–H groups in total. The molecule has 4 rings (SSSR count). The molecule has 8 nitrogen and oxygen atoms in total. The molecule has 0 atom stereocenters. The number of imide groups is 1. The molecule has 0 aliphatic rings. The summed E-state index contributed by atoms with van der Waals surface area (Å²) in [5, 5.41) is 9.35. The molecule has 0 fully saturated rings. The van der Waals surface area contributed by atoms with Gasteiger partial charge in [-0.25, -0.2) is 0 Å². The van der Waals surface area contributed by atoms with E-state index in [1.165, 1.54) is 22.3 Å². The molecule has 0 bridgehead atoms. The van der Waals surface area contributed by atoms with Crippen molar-refractivity contribution in [3.63, 3.8) is 0 Å². The number of hydrogen-bond acceptors (Lipinski definition) is 6. The molecule has 4 aromatic carbocycles. The number of amides is 3. The second-order valence-electron chi connectivity index (χ2n) is 12.6. The lowest BCUT2D eigenvalue weighted by atomic mass is 9.88. The number of hydrogen-bond donors (Lipinski definition) is 3. The van der Waals surface area contributed by atoms with Gasteiger partial charge in [0.2, 0.25) is 17.7 Å². The quantitative estimate of drug-likeness (QED) is 0.115. The van der Waals surface area contributed by atoms with Crippen LogP contribution >= 0.6 is 0 Å². The van der Waals surface area contributed by atoms with Crippen LogP contribution in [0, 0.1) is 0 Å². The summed E-state index contributed by atoms with van der Waals surface area (Å²) in [4.78, 5) is 42.9. The maximum atomic E-state index is 13.5. The van der Waals surface area contributed by atoms with E-state index in [4.69, 9.17) is 0 Å². The maximum Gasteiger partial charge on any atom is 0.243 e. The molecule has 0 saturated carbocycles. The molecule has 3 amide bonds. The van der Waals surface area contributed by atoms with Crippen LogP contribution in [0.5, 0.6) is 0 Å². The molecule has 0 spiro atoms. The summed E-state index contributed by atoms with van der Waals surface area (Å²) in [6.07, 6.45) is 2.32. The molecule has 49 heavy (non-hydrogen) atoms. The van der Waals surface area contributed by atoms with Gasteiger partial charge in [0.15, 0.2) is 0 Å². The van der Waals surface area contributed by atoms with Gasteiger partial charge in [0, 0.05) is 18.4 Å². The van der Waals surface area contributed by atoms with Crippen LogP contribution in [0.4, 0.5) is 0 Å². The first kappa shape index (κ1) is 37.2. The summed E-state index contributed by atoms with van der Waals surface area (Å²) in [5.74, 6) is -0.858. The Bertz CT molecular complexity index is 1350. The summed E-state index contributed by atoms with van der Waals surface area (Å²) in [6, 6.07) is 41.3. The first-order valence-electron chi connectivity index (χ1n) is 17.3. The molecule has 258 valence electrons. The Kier molecular flexibility index (Phi) is 15.7. The highest BCUT2D eigenvalue weighted by Gasteiger charge is 2.24. The topological polar surface area (TPSA) is 93.8 Å². The fourth-order valence-electron chi connectivity index (χ4n) is 6.01. The molecule has 8 heteroatoms. The Balaban J connectivity index is 1.34. The monoisotopic (exact) mass is 661 g/mol. The van der Waals surface area contributed by atoms with Gasteiger partial charge >= 0.3 is 0 Å². The van der Waals surface area contributed by atoms with E-state index in [2.05, 4.69) is 64.5 Å². The van der Waals surface area contributed by atoms with Crippen LogP contribution in [0.25, 0.3) is 0 Å². The van der Waals surface area contributed by atoms with Crippen molar-refractivity contribution in [2.75, 3.05) is 59.9 Å². The Morgan fingerprint density at radius 1 is 0.551 bits per heavy atom. The van der Waals surface area contributed by atoms with Gasteiger partial charge in [-0.3, -0.25) is 19.3 Å². The summed E-state index contributed by atoms with van der Waals surface area (Å²) < 4.78 is 0. The van der Waals surface area contributed by atoms with E-state index in [1.54, 1.807) is 0 Å². The molecule has 0 aromatic heterocycles. The number of carbonyl (C=O) groups is 3. The molecule has 0 heterocycles. The predicted octanol–water partition coefficient (Wildman–Crippen LogP) is 5.03. The predicted molar refractivity (Wildman–Crippen MR) is 197 cm³/mol. The van der Waals surface area contributed by atoms with Gasteiger partial charge in [-0.1, -0.05) is 121 Å². The fraction of sp³-hybridized carbons (Fsp3) is 0.341.